The molecular weight excluding hydrogens is 313 g/mol. The summed E-state index contributed by atoms with van der Waals surface area (Å²) in [4.78, 5) is 0. The molecule has 1 heterocycles. The summed E-state index contributed by atoms with van der Waals surface area (Å²) in [6.07, 6.45) is 1.68. The van der Waals surface area contributed by atoms with Crippen molar-refractivity contribution < 1.29 is 12.8 Å². The van der Waals surface area contributed by atoms with Gasteiger partial charge < -0.3 is 0 Å². The lowest BCUT2D eigenvalue weighted by Crippen LogP contribution is -2.38. The van der Waals surface area contributed by atoms with E-state index in [0.717, 1.165) is 12.8 Å². The third-order valence-corrected chi connectivity index (χ3v) is 6.23. The standard InChI is InChI=1S/C18H20FNO2S/c19-18-8-6-15(7-9-18)14-23(21,22)20-12-10-17(11-13-20)16-4-2-1-3-5-16/h1-9,17H,10-14H2. The minimum atomic E-state index is -3.34. The number of halogens is 1. The molecule has 1 aliphatic heterocycles. The van der Waals surface area contributed by atoms with Crippen molar-refractivity contribution in [3.05, 3.63) is 71.5 Å². The topological polar surface area (TPSA) is 37.4 Å². The van der Waals surface area contributed by atoms with Crippen molar-refractivity contribution in [2.24, 2.45) is 0 Å². The highest BCUT2D eigenvalue weighted by Crippen LogP contribution is 2.29. The molecule has 0 spiro atoms. The minimum absolute atomic E-state index is 0.0662. The second-order valence-corrected chi connectivity index (χ2v) is 7.94. The first-order chi connectivity index (χ1) is 11.0. The van der Waals surface area contributed by atoms with Gasteiger partial charge in [0.15, 0.2) is 0 Å². The van der Waals surface area contributed by atoms with E-state index in [1.165, 1.54) is 29.8 Å². The average Bonchev–Trinajstić information content (AvgIpc) is 2.58. The van der Waals surface area contributed by atoms with Gasteiger partial charge in [-0.05, 0) is 42.0 Å². The van der Waals surface area contributed by atoms with Gasteiger partial charge in [-0.25, -0.2) is 17.1 Å². The summed E-state index contributed by atoms with van der Waals surface area (Å²) in [6.45, 7) is 1.09. The van der Waals surface area contributed by atoms with E-state index < -0.39 is 10.0 Å². The molecule has 2 aromatic carbocycles. The van der Waals surface area contributed by atoms with Crippen molar-refractivity contribution in [1.82, 2.24) is 4.31 Å². The van der Waals surface area contributed by atoms with Crippen LogP contribution in [0, 0.1) is 5.82 Å². The highest BCUT2D eigenvalue weighted by molar-refractivity contribution is 7.88. The molecule has 0 unspecified atom stereocenters. The molecule has 122 valence electrons. The highest BCUT2D eigenvalue weighted by Gasteiger charge is 2.28. The largest absolute Gasteiger partial charge is 0.218 e. The van der Waals surface area contributed by atoms with Crippen LogP contribution in [0.2, 0.25) is 0 Å². The Morgan fingerprint density at radius 3 is 2.17 bits per heavy atom. The molecule has 1 fully saturated rings. The molecule has 0 saturated carbocycles. The van der Waals surface area contributed by atoms with Gasteiger partial charge in [0.25, 0.3) is 0 Å². The monoisotopic (exact) mass is 333 g/mol. The van der Waals surface area contributed by atoms with Crippen molar-refractivity contribution in [3.8, 4) is 0 Å². The number of hydrogen-bond donors (Lipinski definition) is 0. The number of piperidine rings is 1. The van der Waals surface area contributed by atoms with Crippen LogP contribution in [0.3, 0.4) is 0 Å². The van der Waals surface area contributed by atoms with Crippen LogP contribution in [0.25, 0.3) is 0 Å². The van der Waals surface area contributed by atoms with Gasteiger partial charge >= 0.3 is 0 Å². The molecule has 0 radical (unpaired) electrons. The van der Waals surface area contributed by atoms with Crippen LogP contribution in [-0.4, -0.2) is 25.8 Å². The van der Waals surface area contributed by atoms with E-state index in [1.54, 1.807) is 4.31 Å². The maximum Gasteiger partial charge on any atom is 0.218 e. The second-order valence-electron chi connectivity index (χ2n) is 5.97. The zero-order chi connectivity index (χ0) is 16.3. The molecule has 1 aliphatic rings. The summed E-state index contributed by atoms with van der Waals surface area (Å²) < 4.78 is 39.5. The van der Waals surface area contributed by atoms with Crippen molar-refractivity contribution in [1.29, 1.82) is 0 Å². The normalized spacial score (nSPS) is 17.3. The Morgan fingerprint density at radius 2 is 1.57 bits per heavy atom. The van der Waals surface area contributed by atoms with E-state index in [-0.39, 0.29) is 11.6 Å². The molecule has 1 saturated heterocycles. The van der Waals surface area contributed by atoms with Crippen LogP contribution in [0.1, 0.15) is 29.9 Å². The minimum Gasteiger partial charge on any atom is -0.212 e. The zero-order valence-electron chi connectivity index (χ0n) is 12.9. The van der Waals surface area contributed by atoms with Gasteiger partial charge in [0.1, 0.15) is 5.82 Å². The first kappa shape index (κ1) is 16.1. The molecule has 0 amide bonds. The summed E-state index contributed by atoms with van der Waals surface area (Å²) in [6, 6.07) is 15.9. The number of sulfonamides is 1. The predicted molar refractivity (Wildman–Crippen MR) is 89.0 cm³/mol. The SMILES string of the molecule is O=S(=O)(Cc1ccc(F)cc1)N1CCC(c2ccccc2)CC1. The highest BCUT2D eigenvalue weighted by atomic mass is 32.2. The molecule has 0 aromatic heterocycles. The van der Waals surface area contributed by atoms with Gasteiger partial charge in [0.2, 0.25) is 10.0 Å². The van der Waals surface area contributed by atoms with E-state index in [2.05, 4.69) is 12.1 Å². The Morgan fingerprint density at radius 1 is 0.957 bits per heavy atom. The number of hydrogen-bond acceptors (Lipinski definition) is 2. The Hall–Kier alpha value is -1.72. The Labute approximate surface area is 136 Å². The third-order valence-electron chi connectivity index (χ3n) is 4.38. The molecule has 5 heteroatoms. The van der Waals surface area contributed by atoms with Gasteiger partial charge in [0, 0.05) is 13.1 Å². The lowest BCUT2D eigenvalue weighted by molar-refractivity contribution is 0.319. The summed E-state index contributed by atoms with van der Waals surface area (Å²) in [7, 11) is -3.34. The van der Waals surface area contributed by atoms with Crippen LogP contribution in [-0.2, 0) is 15.8 Å². The second kappa shape index (κ2) is 6.81. The molecule has 3 rings (SSSR count). The number of benzene rings is 2. The maximum absolute atomic E-state index is 12.9. The molecule has 2 aromatic rings. The van der Waals surface area contributed by atoms with Gasteiger partial charge in [-0.1, -0.05) is 42.5 Å². The smallest absolute Gasteiger partial charge is 0.212 e. The van der Waals surface area contributed by atoms with Crippen LogP contribution < -0.4 is 0 Å². The van der Waals surface area contributed by atoms with Crippen LogP contribution in [0.4, 0.5) is 4.39 Å². The van der Waals surface area contributed by atoms with E-state index >= 15 is 0 Å². The summed E-state index contributed by atoms with van der Waals surface area (Å²) in [5.74, 6) is 0.00631. The van der Waals surface area contributed by atoms with E-state index in [9.17, 15) is 12.8 Å². The zero-order valence-corrected chi connectivity index (χ0v) is 13.7. The van der Waals surface area contributed by atoms with Gasteiger partial charge in [-0.15, -0.1) is 0 Å². The Balaban J connectivity index is 1.63. The van der Waals surface area contributed by atoms with Crippen molar-refractivity contribution in [2.75, 3.05) is 13.1 Å². The maximum atomic E-state index is 12.9. The number of rotatable bonds is 4. The first-order valence-electron chi connectivity index (χ1n) is 7.82. The molecule has 3 nitrogen and oxygen atoms in total. The molecule has 0 N–H and O–H groups in total. The number of nitrogens with zero attached hydrogens (tertiary/aromatic N) is 1. The van der Waals surface area contributed by atoms with E-state index in [4.69, 9.17) is 0 Å². The van der Waals surface area contributed by atoms with Gasteiger partial charge in [0.05, 0.1) is 5.75 Å². The molecule has 0 bridgehead atoms. The lowest BCUT2D eigenvalue weighted by atomic mass is 9.90. The molecule has 0 aliphatic carbocycles. The van der Waals surface area contributed by atoms with Crippen LogP contribution in [0.15, 0.2) is 54.6 Å². The Kier molecular flexibility index (Phi) is 4.78. The quantitative estimate of drug-likeness (QED) is 0.858. The van der Waals surface area contributed by atoms with Gasteiger partial charge in [-0.3, -0.25) is 0 Å². The molecule has 23 heavy (non-hydrogen) atoms. The molecule has 0 atom stereocenters. The first-order valence-corrected chi connectivity index (χ1v) is 9.43. The van der Waals surface area contributed by atoms with Crippen molar-refractivity contribution in [3.63, 3.8) is 0 Å². The average molecular weight is 333 g/mol. The fourth-order valence-electron chi connectivity index (χ4n) is 3.08. The van der Waals surface area contributed by atoms with E-state index in [1.807, 2.05) is 18.2 Å². The fourth-order valence-corrected chi connectivity index (χ4v) is 4.64. The van der Waals surface area contributed by atoms with Crippen LogP contribution >= 0.6 is 0 Å². The predicted octanol–water partition coefficient (Wildman–Crippen LogP) is 3.54. The summed E-state index contributed by atoms with van der Waals surface area (Å²) in [5.41, 5.74) is 1.90. The lowest BCUT2D eigenvalue weighted by Gasteiger charge is -2.31. The molecular formula is C18H20FNO2S. The van der Waals surface area contributed by atoms with Crippen molar-refractivity contribution >= 4 is 10.0 Å². The fraction of sp³-hybridized carbons (Fsp3) is 0.333. The summed E-state index contributed by atoms with van der Waals surface area (Å²) in [5, 5.41) is 0. The summed E-state index contributed by atoms with van der Waals surface area (Å²) >= 11 is 0. The third kappa shape index (κ3) is 3.98. The van der Waals surface area contributed by atoms with E-state index in [0.29, 0.717) is 24.6 Å². The van der Waals surface area contributed by atoms with Crippen LogP contribution in [0.5, 0.6) is 0 Å². The van der Waals surface area contributed by atoms with Gasteiger partial charge in [-0.2, -0.15) is 0 Å². The van der Waals surface area contributed by atoms with Crippen molar-refractivity contribution in [2.45, 2.75) is 24.5 Å². The Bertz CT molecular complexity index is 736.